The van der Waals surface area contributed by atoms with E-state index in [1.807, 2.05) is 24.3 Å². The minimum Gasteiger partial charge on any atom is -0.497 e. The summed E-state index contributed by atoms with van der Waals surface area (Å²) in [6.45, 7) is 0.169. The number of benzene rings is 2. The molecule has 0 spiro atoms. The zero-order valence-corrected chi connectivity index (χ0v) is 13.3. The molecule has 0 N–H and O–H groups in total. The maximum absolute atomic E-state index is 12.1. The molecule has 0 aromatic heterocycles. The van der Waals surface area contributed by atoms with Crippen LogP contribution in [0.25, 0.3) is 0 Å². The Morgan fingerprint density at radius 1 is 0.958 bits per heavy atom. The predicted molar refractivity (Wildman–Crippen MR) is 84.2 cm³/mol. The van der Waals surface area contributed by atoms with Crippen molar-refractivity contribution in [2.24, 2.45) is 0 Å². The molecule has 0 saturated carbocycles. The van der Waals surface area contributed by atoms with Gasteiger partial charge in [0.25, 0.3) is 0 Å². The fourth-order valence-electron chi connectivity index (χ4n) is 3.12. The SMILES string of the molecule is COc1ccc([C@H]2CC(=O)Oc3cc4c(cc32)OCO4)c(OC)c1. The van der Waals surface area contributed by atoms with Gasteiger partial charge in [-0.2, -0.15) is 0 Å². The Morgan fingerprint density at radius 3 is 2.50 bits per heavy atom. The van der Waals surface area contributed by atoms with Crippen LogP contribution in [0.5, 0.6) is 28.7 Å². The molecule has 2 heterocycles. The quantitative estimate of drug-likeness (QED) is 0.638. The fraction of sp³-hybridized carbons (Fsp3) is 0.278. The first-order valence-electron chi connectivity index (χ1n) is 7.55. The van der Waals surface area contributed by atoms with Crippen molar-refractivity contribution < 1.29 is 28.5 Å². The second-order valence-electron chi connectivity index (χ2n) is 5.58. The maximum atomic E-state index is 12.1. The van der Waals surface area contributed by atoms with E-state index in [-0.39, 0.29) is 25.1 Å². The number of fused-ring (bicyclic) bond motifs is 2. The lowest BCUT2D eigenvalue weighted by molar-refractivity contribution is -0.135. The first-order valence-corrected chi connectivity index (χ1v) is 7.55. The monoisotopic (exact) mass is 328 g/mol. The number of hydrogen-bond acceptors (Lipinski definition) is 6. The van der Waals surface area contributed by atoms with Crippen molar-refractivity contribution in [1.82, 2.24) is 0 Å². The number of esters is 1. The minimum atomic E-state index is -0.288. The first-order chi connectivity index (χ1) is 11.7. The van der Waals surface area contributed by atoms with Crippen LogP contribution in [0, 0.1) is 0 Å². The molecular weight excluding hydrogens is 312 g/mol. The number of rotatable bonds is 3. The summed E-state index contributed by atoms with van der Waals surface area (Å²) in [6, 6.07) is 9.15. The molecule has 6 heteroatoms. The molecule has 2 aromatic carbocycles. The van der Waals surface area contributed by atoms with Gasteiger partial charge in [0.15, 0.2) is 11.5 Å². The van der Waals surface area contributed by atoms with E-state index in [0.717, 1.165) is 11.1 Å². The normalized spacial score (nSPS) is 17.9. The predicted octanol–water partition coefficient (Wildman–Crippen LogP) is 2.87. The van der Waals surface area contributed by atoms with Crippen LogP contribution >= 0.6 is 0 Å². The Labute approximate surface area is 138 Å². The molecule has 124 valence electrons. The van der Waals surface area contributed by atoms with Crippen LogP contribution in [0.15, 0.2) is 30.3 Å². The molecule has 24 heavy (non-hydrogen) atoms. The van der Waals surface area contributed by atoms with Crippen molar-refractivity contribution in [3.8, 4) is 28.7 Å². The van der Waals surface area contributed by atoms with E-state index >= 15 is 0 Å². The van der Waals surface area contributed by atoms with Crippen molar-refractivity contribution in [2.45, 2.75) is 12.3 Å². The maximum Gasteiger partial charge on any atom is 0.312 e. The molecule has 0 saturated heterocycles. The summed E-state index contributed by atoms with van der Waals surface area (Å²) < 4.78 is 26.9. The molecule has 0 radical (unpaired) electrons. The Balaban J connectivity index is 1.84. The summed E-state index contributed by atoms with van der Waals surface area (Å²) >= 11 is 0. The van der Waals surface area contributed by atoms with E-state index in [2.05, 4.69) is 0 Å². The second kappa shape index (κ2) is 5.63. The smallest absolute Gasteiger partial charge is 0.312 e. The van der Waals surface area contributed by atoms with E-state index in [1.165, 1.54) is 0 Å². The average Bonchev–Trinajstić information content (AvgIpc) is 3.06. The Kier molecular flexibility index (Phi) is 3.45. The molecule has 2 aliphatic rings. The van der Waals surface area contributed by atoms with Gasteiger partial charge in [-0.05, 0) is 12.1 Å². The lowest BCUT2D eigenvalue weighted by Gasteiger charge is -2.26. The lowest BCUT2D eigenvalue weighted by atomic mass is 9.85. The van der Waals surface area contributed by atoms with Crippen LogP contribution in [0.4, 0.5) is 0 Å². The second-order valence-corrected chi connectivity index (χ2v) is 5.58. The van der Waals surface area contributed by atoms with E-state index in [0.29, 0.717) is 28.7 Å². The standard InChI is InChI=1S/C18H16O6/c1-20-10-3-4-11(14(5-10)21-2)12-7-18(19)24-15-8-17-16(6-13(12)15)22-9-23-17/h3-6,8,12H,7,9H2,1-2H3/t12-/m1/s1. The van der Waals surface area contributed by atoms with Crippen molar-refractivity contribution in [3.05, 3.63) is 41.5 Å². The summed E-state index contributed by atoms with van der Waals surface area (Å²) in [5, 5.41) is 0. The van der Waals surface area contributed by atoms with Gasteiger partial charge in [-0.3, -0.25) is 4.79 Å². The van der Waals surface area contributed by atoms with E-state index in [1.54, 1.807) is 20.3 Å². The summed E-state index contributed by atoms with van der Waals surface area (Å²) in [6.07, 6.45) is 0.231. The summed E-state index contributed by atoms with van der Waals surface area (Å²) in [7, 11) is 3.20. The summed E-state index contributed by atoms with van der Waals surface area (Å²) in [5.41, 5.74) is 1.78. The molecule has 0 aliphatic carbocycles. The van der Waals surface area contributed by atoms with Gasteiger partial charge >= 0.3 is 5.97 Å². The molecule has 0 amide bonds. The molecule has 1 atom stereocenters. The molecular formula is C18H16O6. The van der Waals surface area contributed by atoms with Crippen molar-refractivity contribution in [2.75, 3.05) is 21.0 Å². The van der Waals surface area contributed by atoms with Crippen LogP contribution in [-0.2, 0) is 4.79 Å². The number of ether oxygens (including phenoxy) is 5. The van der Waals surface area contributed by atoms with Gasteiger partial charge in [-0.25, -0.2) is 0 Å². The highest BCUT2D eigenvalue weighted by atomic mass is 16.7. The molecule has 4 rings (SSSR count). The zero-order chi connectivity index (χ0) is 16.7. The number of carbonyl (C=O) groups excluding carboxylic acids is 1. The summed E-state index contributed by atoms with van der Waals surface area (Å²) in [4.78, 5) is 12.1. The van der Waals surface area contributed by atoms with Crippen LogP contribution in [0.2, 0.25) is 0 Å². The highest BCUT2D eigenvalue weighted by molar-refractivity contribution is 5.79. The number of carbonyl (C=O) groups is 1. The number of hydrogen-bond donors (Lipinski definition) is 0. The summed E-state index contributed by atoms with van der Waals surface area (Å²) in [5.74, 6) is 2.63. The fourth-order valence-corrected chi connectivity index (χ4v) is 3.12. The van der Waals surface area contributed by atoms with Crippen molar-refractivity contribution in [1.29, 1.82) is 0 Å². The van der Waals surface area contributed by atoms with Crippen LogP contribution in [-0.4, -0.2) is 27.0 Å². The van der Waals surface area contributed by atoms with E-state index in [9.17, 15) is 4.79 Å². The Hall–Kier alpha value is -2.89. The van der Waals surface area contributed by atoms with Crippen LogP contribution < -0.4 is 23.7 Å². The molecule has 0 fully saturated rings. The molecule has 6 nitrogen and oxygen atoms in total. The van der Waals surface area contributed by atoms with Gasteiger partial charge in [-0.15, -0.1) is 0 Å². The molecule has 2 aromatic rings. The van der Waals surface area contributed by atoms with Gasteiger partial charge in [0.05, 0.1) is 20.6 Å². The van der Waals surface area contributed by atoms with E-state index < -0.39 is 0 Å². The van der Waals surface area contributed by atoms with Crippen molar-refractivity contribution in [3.63, 3.8) is 0 Å². The zero-order valence-electron chi connectivity index (χ0n) is 13.3. The average molecular weight is 328 g/mol. The third-order valence-electron chi connectivity index (χ3n) is 4.29. The topological polar surface area (TPSA) is 63.2 Å². The van der Waals surface area contributed by atoms with Gasteiger partial charge in [0.1, 0.15) is 17.2 Å². The molecule has 0 unspecified atom stereocenters. The van der Waals surface area contributed by atoms with Gasteiger partial charge in [0, 0.05) is 29.2 Å². The highest BCUT2D eigenvalue weighted by Crippen LogP contribution is 2.47. The van der Waals surface area contributed by atoms with Crippen molar-refractivity contribution >= 4 is 5.97 Å². The largest absolute Gasteiger partial charge is 0.497 e. The molecule has 2 aliphatic heterocycles. The van der Waals surface area contributed by atoms with E-state index in [4.69, 9.17) is 23.7 Å². The Morgan fingerprint density at radius 2 is 1.75 bits per heavy atom. The Bertz CT molecular complexity index is 813. The highest BCUT2D eigenvalue weighted by Gasteiger charge is 2.33. The minimum absolute atomic E-state index is 0.169. The molecule has 0 bridgehead atoms. The van der Waals surface area contributed by atoms with Gasteiger partial charge in [-0.1, -0.05) is 6.07 Å². The van der Waals surface area contributed by atoms with Gasteiger partial charge < -0.3 is 23.7 Å². The third kappa shape index (κ3) is 2.31. The van der Waals surface area contributed by atoms with Gasteiger partial charge in [0.2, 0.25) is 6.79 Å². The lowest BCUT2D eigenvalue weighted by Crippen LogP contribution is -2.21. The third-order valence-corrected chi connectivity index (χ3v) is 4.29. The first kappa shape index (κ1) is 14.7. The number of methoxy groups -OCH3 is 2. The van der Waals surface area contributed by atoms with Crippen LogP contribution in [0.3, 0.4) is 0 Å². The van der Waals surface area contributed by atoms with Crippen LogP contribution in [0.1, 0.15) is 23.5 Å².